The SMILES string of the molecule is Cc1ncn(-c2ccc(/C=C3\CC4(CN5C3=NNCC5(C)c3ccc(F)cc3)CS(=O)C4)c3c2OCC3)n1. The molecule has 4 aliphatic rings. The summed E-state index contributed by atoms with van der Waals surface area (Å²) in [4.78, 5) is 6.62. The zero-order valence-electron chi connectivity index (χ0n) is 21.4. The zero-order valence-corrected chi connectivity index (χ0v) is 22.2. The number of aromatic nitrogens is 3. The van der Waals surface area contributed by atoms with Crippen LogP contribution in [0.15, 0.2) is 53.4 Å². The van der Waals surface area contributed by atoms with Crippen molar-refractivity contribution in [3.8, 4) is 11.4 Å². The summed E-state index contributed by atoms with van der Waals surface area (Å²) in [7, 11) is -0.791. The Morgan fingerprint density at radius 2 is 2.00 bits per heavy atom. The van der Waals surface area contributed by atoms with E-state index in [1.54, 1.807) is 11.0 Å². The van der Waals surface area contributed by atoms with Crippen LogP contribution in [0, 0.1) is 18.2 Å². The molecule has 5 heterocycles. The van der Waals surface area contributed by atoms with Gasteiger partial charge in [-0.15, -0.1) is 0 Å². The van der Waals surface area contributed by atoms with E-state index in [1.807, 2.05) is 25.1 Å². The fraction of sp³-hybridized carbons (Fsp3) is 0.393. The molecule has 0 bridgehead atoms. The van der Waals surface area contributed by atoms with Crippen LogP contribution in [-0.2, 0) is 22.8 Å². The van der Waals surface area contributed by atoms with Crippen molar-refractivity contribution in [2.24, 2.45) is 10.5 Å². The molecule has 1 aromatic heterocycles. The van der Waals surface area contributed by atoms with E-state index in [1.165, 1.54) is 12.1 Å². The summed E-state index contributed by atoms with van der Waals surface area (Å²) >= 11 is 0. The van der Waals surface area contributed by atoms with Crippen LogP contribution in [-0.4, -0.2) is 60.9 Å². The normalized spacial score (nSPS) is 28.8. The molecule has 3 aromatic rings. The van der Waals surface area contributed by atoms with E-state index >= 15 is 0 Å². The molecule has 1 atom stereocenters. The average Bonchev–Trinajstić information content (AvgIpc) is 3.54. The number of halogens is 1. The lowest BCUT2D eigenvalue weighted by Crippen LogP contribution is -2.66. The topological polar surface area (TPSA) is 84.6 Å². The molecular weight excluding hydrogens is 503 g/mol. The molecule has 1 spiro atoms. The standard InChI is InChI=1S/C28H29FN6O2S/c1-18-30-17-35(33-18)24-8-3-19(23-9-10-37-25(23)24)11-20-12-28(15-38(36)16-28)14-34-26(20)32-31-13-27(34,2)21-4-6-22(29)7-5-21/h3-8,11,17,31H,9-10,12-16H2,1-2H3/b20-11+. The molecule has 196 valence electrons. The van der Waals surface area contributed by atoms with Gasteiger partial charge in [0.05, 0.1) is 18.7 Å². The number of benzene rings is 2. The Morgan fingerprint density at radius 3 is 2.74 bits per heavy atom. The minimum Gasteiger partial charge on any atom is -0.491 e. The summed E-state index contributed by atoms with van der Waals surface area (Å²) in [5.41, 5.74) is 8.06. The number of nitrogens with zero attached hydrogens (tertiary/aromatic N) is 5. The number of amidine groups is 1. The Kier molecular flexibility index (Phi) is 5.27. The third-order valence-corrected chi connectivity index (χ3v) is 10.1. The Hall–Kier alpha value is -3.53. The van der Waals surface area contributed by atoms with Crippen molar-refractivity contribution in [1.82, 2.24) is 25.1 Å². The van der Waals surface area contributed by atoms with Crippen molar-refractivity contribution < 1.29 is 13.3 Å². The summed E-state index contributed by atoms with van der Waals surface area (Å²) in [6.45, 7) is 6.04. The summed E-state index contributed by atoms with van der Waals surface area (Å²) < 4.78 is 34.0. The molecular formula is C28H29FN6O2S. The van der Waals surface area contributed by atoms with Gasteiger partial charge in [-0.25, -0.2) is 14.1 Å². The molecule has 0 radical (unpaired) electrons. The number of hydrogen-bond donors (Lipinski definition) is 1. The van der Waals surface area contributed by atoms with E-state index in [9.17, 15) is 8.60 Å². The first-order chi connectivity index (χ1) is 18.3. The smallest absolute Gasteiger partial charge is 0.152 e. The van der Waals surface area contributed by atoms with E-state index in [0.29, 0.717) is 30.5 Å². The molecule has 0 amide bonds. The number of rotatable bonds is 3. The quantitative estimate of drug-likeness (QED) is 0.557. The minimum atomic E-state index is -0.791. The van der Waals surface area contributed by atoms with Crippen molar-refractivity contribution in [1.29, 1.82) is 0 Å². The number of fused-ring (bicyclic) bond motifs is 2. The second-order valence-electron chi connectivity index (χ2n) is 11.0. The van der Waals surface area contributed by atoms with Crippen LogP contribution in [0.3, 0.4) is 0 Å². The summed E-state index contributed by atoms with van der Waals surface area (Å²) in [6, 6.07) is 10.9. The first-order valence-electron chi connectivity index (χ1n) is 12.9. The van der Waals surface area contributed by atoms with Gasteiger partial charge < -0.3 is 15.1 Å². The lowest BCUT2D eigenvalue weighted by Gasteiger charge is -2.56. The van der Waals surface area contributed by atoms with Gasteiger partial charge in [0, 0.05) is 46.2 Å². The van der Waals surface area contributed by atoms with Crippen molar-refractivity contribution in [2.45, 2.75) is 32.2 Å². The van der Waals surface area contributed by atoms with Crippen LogP contribution < -0.4 is 10.2 Å². The Labute approximate surface area is 223 Å². The Morgan fingerprint density at radius 1 is 1.18 bits per heavy atom. The number of hydrazone groups is 1. The lowest BCUT2D eigenvalue weighted by atomic mass is 9.75. The highest BCUT2D eigenvalue weighted by molar-refractivity contribution is 7.86. The van der Waals surface area contributed by atoms with E-state index in [-0.39, 0.29) is 11.2 Å². The van der Waals surface area contributed by atoms with Gasteiger partial charge in [0.25, 0.3) is 0 Å². The molecule has 2 saturated heterocycles. The summed E-state index contributed by atoms with van der Waals surface area (Å²) in [6.07, 6.45) is 5.57. The van der Waals surface area contributed by atoms with E-state index in [0.717, 1.165) is 58.9 Å². The maximum absolute atomic E-state index is 13.8. The van der Waals surface area contributed by atoms with Crippen LogP contribution in [0.2, 0.25) is 0 Å². The molecule has 1 unspecified atom stereocenters. The molecule has 38 heavy (non-hydrogen) atoms. The average molecular weight is 533 g/mol. The summed E-state index contributed by atoms with van der Waals surface area (Å²) in [5, 5.41) is 9.27. The van der Waals surface area contributed by atoms with Crippen molar-refractivity contribution in [2.75, 3.05) is 31.2 Å². The fourth-order valence-electron chi connectivity index (χ4n) is 6.31. The largest absolute Gasteiger partial charge is 0.491 e. The first kappa shape index (κ1) is 23.6. The number of nitrogens with one attached hydrogen (secondary N) is 1. The van der Waals surface area contributed by atoms with E-state index in [2.05, 4.69) is 39.5 Å². The lowest BCUT2D eigenvalue weighted by molar-refractivity contribution is 0.103. The van der Waals surface area contributed by atoms with Gasteiger partial charge in [0.15, 0.2) is 5.84 Å². The number of hydrogen-bond acceptors (Lipinski definition) is 7. The second kappa shape index (κ2) is 8.49. The van der Waals surface area contributed by atoms with Gasteiger partial charge in [-0.05, 0) is 61.2 Å². The molecule has 2 aromatic carbocycles. The molecule has 4 aliphatic heterocycles. The second-order valence-corrected chi connectivity index (χ2v) is 12.5. The zero-order chi connectivity index (χ0) is 26.1. The molecule has 2 fully saturated rings. The molecule has 1 N–H and O–H groups in total. The van der Waals surface area contributed by atoms with Gasteiger partial charge >= 0.3 is 0 Å². The van der Waals surface area contributed by atoms with Crippen LogP contribution in [0.5, 0.6) is 5.75 Å². The van der Waals surface area contributed by atoms with Gasteiger partial charge in [-0.3, -0.25) is 4.21 Å². The van der Waals surface area contributed by atoms with Crippen LogP contribution in [0.25, 0.3) is 11.8 Å². The van der Waals surface area contributed by atoms with Crippen LogP contribution in [0.4, 0.5) is 4.39 Å². The van der Waals surface area contributed by atoms with Gasteiger partial charge in [-0.2, -0.15) is 10.2 Å². The van der Waals surface area contributed by atoms with Crippen molar-refractivity contribution in [3.63, 3.8) is 0 Å². The summed E-state index contributed by atoms with van der Waals surface area (Å²) in [5.74, 6) is 3.58. The molecule has 0 aliphatic carbocycles. The molecule has 7 rings (SSSR count). The van der Waals surface area contributed by atoms with Crippen LogP contribution >= 0.6 is 0 Å². The molecule has 8 nitrogen and oxygen atoms in total. The van der Waals surface area contributed by atoms with Crippen molar-refractivity contribution in [3.05, 3.63) is 76.6 Å². The predicted octanol–water partition coefficient (Wildman–Crippen LogP) is 3.32. The van der Waals surface area contributed by atoms with Gasteiger partial charge in [0.1, 0.15) is 29.4 Å². The first-order valence-corrected chi connectivity index (χ1v) is 14.4. The highest BCUT2D eigenvalue weighted by atomic mass is 32.2. The third-order valence-electron chi connectivity index (χ3n) is 8.26. The monoisotopic (exact) mass is 532 g/mol. The molecule has 10 heteroatoms. The van der Waals surface area contributed by atoms with Gasteiger partial charge in [0.2, 0.25) is 0 Å². The minimum absolute atomic E-state index is 0.0633. The maximum Gasteiger partial charge on any atom is 0.152 e. The van der Waals surface area contributed by atoms with E-state index < -0.39 is 16.3 Å². The van der Waals surface area contributed by atoms with E-state index in [4.69, 9.17) is 9.84 Å². The highest BCUT2D eigenvalue weighted by Gasteiger charge is 2.53. The maximum atomic E-state index is 13.8. The molecule has 0 saturated carbocycles. The third kappa shape index (κ3) is 3.68. The van der Waals surface area contributed by atoms with Crippen LogP contribution in [0.1, 0.15) is 35.9 Å². The van der Waals surface area contributed by atoms with Crippen molar-refractivity contribution >= 4 is 22.7 Å². The number of aryl methyl sites for hydroxylation is 1. The van der Waals surface area contributed by atoms with Gasteiger partial charge in [-0.1, -0.05) is 18.2 Å². The Balaban J connectivity index is 1.32. The number of ether oxygens (including phenoxy) is 1. The fourth-order valence-corrected chi connectivity index (χ4v) is 7.98. The highest BCUT2D eigenvalue weighted by Crippen LogP contribution is 2.47. The Bertz CT molecular complexity index is 1520. The predicted molar refractivity (Wildman–Crippen MR) is 144 cm³/mol. The number of piperidine rings is 1.